The molecule has 0 N–H and O–H groups in total. The summed E-state index contributed by atoms with van der Waals surface area (Å²) in [5.74, 6) is 1.52. The second-order valence-electron chi connectivity index (χ2n) is 12.8. The number of anilines is 3. The molecule has 216 valence electrons. The van der Waals surface area contributed by atoms with Crippen molar-refractivity contribution in [1.82, 2.24) is 19.9 Å². The molecule has 5 nitrogen and oxygen atoms in total. The fraction of sp³-hybridized carbons (Fsp3) is 0.278. The minimum Gasteiger partial charge on any atom is -0.357 e. The van der Waals surface area contributed by atoms with Crippen LogP contribution in [0.2, 0.25) is 0 Å². The zero-order valence-corrected chi connectivity index (χ0v) is 27.4. The van der Waals surface area contributed by atoms with Crippen LogP contribution in [0, 0.1) is 23.2 Å². The Morgan fingerprint density at radius 3 is 1.38 bits per heavy atom. The summed E-state index contributed by atoms with van der Waals surface area (Å²) in [6.45, 7) is 13.3. The van der Waals surface area contributed by atoms with Crippen LogP contribution in [0.5, 0.6) is 0 Å². The standard InChI is InChI=1S/C36H37N5.Pt/c1-35(2,3)22-28-20-18-26(24-37-28)31-14-10-16-33(39-31)41(30-12-8-7-9-13-30)34-17-11-15-32(40-34)27-19-21-29(38-25-27)23-36(4,5)6;/h7-21H,22-23H2,1-6H3;/q-2;+2. The van der Waals surface area contributed by atoms with Crippen LogP contribution in [0.25, 0.3) is 22.5 Å². The molecule has 0 bridgehead atoms. The molecule has 0 aliphatic carbocycles. The van der Waals surface area contributed by atoms with Gasteiger partial charge < -0.3 is 9.97 Å². The van der Waals surface area contributed by atoms with Gasteiger partial charge in [-0.3, -0.25) is 14.9 Å². The molecule has 0 atom stereocenters. The zero-order valence-electron chi connectivity index (χ0n) is 25.1. The van der Waals surface area contributed by atoms with Crippen LogP contribution < -0.4 is 4.90 Å². The largest absolute Gasteiger partial charge is 2.00 e. The molecular weight excluding hydrogens is 698 g/mol. The van der Waals surface area contributed by atoms with Crippen LogP contribution in [-0.4, -0.2) is 19.9 Å². The molecule has 4 heterocycles. The van der Waals surface area contributed by atoms with Crippen LogP contribution >= 0.6 is 0 Å². The molecule has 5 rings (SSSR count). The van der Waals surface area contributed by atoms with E-state index in [9.17, 15) is 0 Å². The van der Waals surface area contributed by atoms with E-state index in [1.807, 2.05) is 54.6 Å². The quantitative estimate of drug-likeness (QED) is 0.157. The Labute approximate surface area is 264 Å². The average Bonchev–Trinajstić information content (AvgIpc) is 2.93. The van der Waals surface area contributed by atoms with E-state index in [1.165, 1.54) is 0 Å². The van der Waals surface area contributed by atoms with E-state index >= 15 is 0 Å². The molecule has 0 saturated heterocycles. The van der Waals surface area contributed by atoms with Crippen molar-refractivity contribution >= 4 is 17.3 Å². The number of rotatable bonds is 7. The molecule has 0 spiro atoms. The Bertz CT molecular complexity index is 1480. The van der Waals surface area contributed by atoms with E-state index in [1.54, 1.807) is 0 Å². The van der Waals surface area contributed by atoms with Gasteiger partial charge in [0, 0.05) is 5.69 Å². The zero-order chi connectivity index (χ0) is 29.0. The molecule has 0 fully saturated rings. The molecule has 0 saturated carbocycles. The van der Waals surface area contributed by atoms with E-state index in [-0.39, 0.29) is 31.9 Å². The molecule has 0 unspecified atom stereocenters. The second-order valence-corrected chi connectivity index (χ2v) is 12.8. The third-order valence-electron chi connectivity index (χ3n) is 6.44. The van der Waals surface area contributed by atoms with Gasteiger partial charge in [-0.05, 0) is 83.1 Å². The Balaban J connectivity index is 0.00000405. The maximum absolute atomic E-state index is 5.04. The number of aromatic nitrogens is 4. The molecule has 0 aliphatic heterocycles. The topological polar surface area (TPSA) is 54.8 Å². The maximum atomic E-state index is 5.04. The van der Waals surface area contributed by atoms with Gasteiger partial charge in [0.1, 0.15) is 11.6 Å². The van der Waals surface area contributed by atoms with E-state index in [0.717, 1.165) is 64.1 Å². The Kier molecular flexibility index (Phi) is 9.74. The minimum atomic E-state index is 0. The van der Waals surface area contributed by atoms with Gasteiger partial charge in [-0.25, -0.2) is 0 Å². The predicted molar refractivity (Wildman–Crippen MR) is 167 cm³/mol. The number of nitrogens with zero attached hydrogens (tertiary/aromatic N) is 5. The predicted octanol–water partition coefficient (Wildman–Crippen LogP) is 8.85. The summed E-state index contributed by atoms with van der Waals surface area (Å²) in [5, 5.41) is 0. The summed E-state index contributed by atoms with van der Waals surface area (Å²) >= 11 is 0. The van der Waals surface area contributed by atoms with Crippen LogP contribution in [0.15, 0.2) is 91.0 Å². The van der Waals surface area contributed by atoms with Crippen molar-refractivity contribution in [3.05, 3.63) is 115 Å². The van der Waals surface area contributed by atoms with Gasteiger partial charge in [0.05, 0.1) is 0 Å². The van der Waals surface area contributed by atoms with Crippen molar-refractivity contribution in [3.63, 3.8) is 0 Å². The summed E-state index contributed by atoms with van der Waals surface area (Å²) in [5.41, 5.74) is 6.69. The minimum absolute atomic E-state index is 0. The average molecular weight is 735 g/mol. The van der Waals surface area contributed by atoms with Gasteiger partial charge in [-0.2, -0.15) is 0 Å². The fourth-order valence-corrected chi connectivity index (χ4v) is 4.70. The third-order valence-corrected chi connectivity index (χ3v) is 6.44. The van der Waals surface area contributed by atoms with Crippen LogP contribution in [0.4, 0.5) is 17.3 Å². The number of benzene rings is 1. The van der Waals surface area contributed by atoms with Crippen molar-refractivity contribution in [2.75, 3.05) is 4.90 Å². The molecule has 0 radical (unpaired) electrons. The summed E-state index contributed by atoms with van der Waals surface area (Å²) in [6, 6.07) is 30.4. The summed E-state index contributed by atoms with van der Waals surface area (Å²) in [4.78, 5) is 21.4. The van der Waals surface area contributed by atoms with Gasteiger partial charge in [0.25, 0.3) is 0 Å². The second kappa shape index (κ2) is 13.1. The van der Waals surface area contributed by atoms with Crippen molar-refractivity contribution in [1.29, 1.82) is 0 Å². The van der Waals surface area contributed by atoms with Crippen LogP contribution in [0.1, 0.15) is 52.9 Å². The van der Waals surface area contributed by atoms with Crippen LogP contribution in [-0.2, 0) is 33.9 Å². The van der Waals surface area contributed by atoms with Gasteiger partial charge in [0.15, 0.2) is 0 Å². The molecule has 0 amide bonds. The number of pyridine rings is 4. The Hall–Kier alpha value is -3.69. The first-order valence-electron chi connectivity index (χ1n) is 14.1. The molecule has 5 aromatic rings. The molecular formula is C36H37N5Pt. The molecule has 4 aromatic heterocycles. The van der Waals surface area contributed by atoms with Crippen molar-refractivity contribution < 1.29 is 21.1 Å². The monoisotopic (exact) mass is 734 g/mol. The van der Waals surface area contributed by atoms with Gasteiger partial charge in [0.2, 0.25) is 0 Å². The molecule has 1 aromatic carbocycles. The van der Waals surface area contributed by atoms with E-state index in [0.29, 0.717) is 0 Å². The molecule has 42 heavy (non-hydrogen) atoms. The Morgan fingerprint density at radius 2 is 1.00 bits per heavy atom. The van der Waals surface area contributed by atoms with Gasteiger partial charge >= 0.3 is 21.1 Å². The maximum Gasteiger partial charge on any atom is 2.00 e. The van der Waals surface area contributed by atoms with Crippen molar-refractivity contribution in [2.45, 2.75) is 54.4 Å². The first-order chi connectivity index (χ1) is 19.5. The molecule has 0 aliphatic rings. The van der Waals surface area contributed by atoms with Crippen LogP contribution in [0.3, 0.4) is 0 Å². The first kappa shape index (κ1) is 31.2. The first-order valence-corrected chi connectivity index (χ1v) is 14.1. The number of para-hydroxylation sites is 1. The number of hydrogen-bond donors (Lipinski definition) is 0. The summed E-state index contributed by atoms with van der Waals surface area (Å²) in [6.07, 6.45) is 8.22. The van der Waals surface area contributed by atoms with Gasteiger partial charge in [-0.1, -0.05) is 84.0 Å². The Morgan fingerprint density at radius 1 is 0.548 bits per heavy atom. The molecule has 6 heteroatoms. The van der Waals surface area contributed by atoms with E-state index < -0.39 is 0 Å². The fourth-order valence-electron chi connectivity index (χ4n) is 4.70. The van der Waals surface area contributed by atoms with E-state index in [4.69, 9.17) is 9.97 Å². The SMILES string of the molecule is CC(C)(C)Cc1ccc(-c2cccc(N(c3ccccc3)c3cccc(-c4[c-]nc(CC(C)(C)C)cc4)n3)n2)[c-]n1.[Pt+2]. The number of hydrogen-bond acceptors (Lipinski definition) is 5. The smallest absolute Gasteiger partial charge is 0.357 e. The van der Waals surface area contributed by atoms with E-state index in [2.05, 4.69) is 105 Å². The summed E-state index contributed by atoms with van der Waals surface area (Å²) < 4.78 is 0. The van der Waals surface area contributed by atoms with Gasteiger partial charge in [-0.15, -0.1) is 35.4 Å². The van der Waals surface area contributed by atoms with Crippen molar-refractivity contribution in [3.8, 4) is 22.5 Å². The normalized spacial score (nSPS) is 11.6. The van der Waals surface area contributed by atoms with Crippen molar-refractivity contribution in [2.24, 2.45) is 10.8 Å². The summed E-state index contributed by atoms with van der Waals surface area (Å²) in [7, 11) is 0. The third kappa shape index (κ3) is 8.20.